The molecule has 0 saturated carbocycles. The summed E-state index contributed by atoms with van der Waals surface area (Å²) in [6, 6.07) is 2.48. The van der Waals surface area contributed by atoms with Crippen molar-refractivity contribution < 1.29 is 80.7 Å². The highest BCUT2D eigenvalue weighted by Crippen LogP contribution is 3.05. The van der Waals surface area contributed by atoms with Crippen LogP contribution < -0.4 is 0 Å². The van der Waals surface area contributed by atoms with E-state index in [-0.39, 0.29) is 45.2 Å². The van der Waals surface area contributed by atoms with Gasteiger partial charge in [0.25, 0.3) is 9.05 Å². The molecule has 0 saturated heterocycles. The van der Waals surface area contributed by atoms with Crippen LogP contribution in [0.15, 0.2) is 63.2 Å². The molecule has 0 spiro atoms. The van der Waals surface area contributed by atoms with Crippen LogP contribution in [0.3, 0.4) is 0 Å². The Morgan fingerprint density at radius 2 is 0.667 bits per heavy atom. The minimum atomic E-state index is -10.4. The summed E-state index contributed by atoms with van der Waals surface area (Å²) in [7, 11) is -26.2. The van der Waals surface area contributed by atoms with Gasteiger partial charge in [0.2, 0.25) is 0 Å². The molecule has 0 aromatic heterocycles. The van der Waals surface area contributed by atoms with E-state index in [9.17, 15) is 80.7 Å². The van der Waals surface area contributed by atoms with Crippen LogP contribution in [0.4, 0.5) is 80.7 Å². The summed E-state index contributed by atoms with van der Waals surface area (Å²) >= 11 is 4.86. The fourth-order valence-corrected chi connectivity index (χ4v) is 5.85. The molecule has 3 aromatic rings. The van der Waals surface area contributed by atoms with Gasteiger partial charge in [-0.15, -0.1) is 15.5 Å². The molecule has 0 heterocycles. The van der Waals surface area contributed by atoms with Crippen molar-refractivity contribution in [3.05, 3.63) is 88.5 Å². The zero-order chi connectivity index (χ0) is 34.7. The van der Waals surface area contributed by atoms with Crippen LogP contribution in [0.2, 0.25) is 5.02 Å². The van der Waals surface area contributed by atoms with Gasteiger partial charge in [0.05, 0.1) is 5.02 Å². The first kappa shape index (κ1) is 45.0. The molecule has 0 aliphatic rings. The smallest absolute Gasteiger partial charge is 0.205 e. The van der Waals surface area contributed by atoms with E-state index in [1.54, 1.807) is 0 Å². The molecule has 0 atom stereocenters. The predicted molar refractivity (Wildman–Crippen MR) is 136 cm³/mol. The van der Waals surface area contributed by atoms with Crippen LogP contribution in [-0.2, 0) is 0 Å². The Morgan fingerprint density at radius 3 is 0.867 bits per heavy atom. The molecule has 45 heavy (non-hydrogen) atoms. The Morgan fingerprint density at radius 1 is 0.400 bits per heavy atom. The number of rotatable bonds is 3. The first-order valence-electron chi connectivity index (χ1n) is 9.40. The molecule has 0 unspecified atom stereocenters. The lowest BCUT2D eigenvalue weighted by atomic mass is 10.3. The minimum absolute atomic E-state index is 0. The Balaban J connectivity index is 0. The van der Waals surface area contributed by atoms with Crippen molar-refractivity contribution >= 4 is 51.8 Å². The zero-order valence-corrected chi connectivity index (χ0v) is 23.1. The van der Waals surface area contributed by atoms with Gasteiger partial charge in [-0.05, 0) is 36.4 Å². The van der Waals surface area contributed by atoms with Crippen molar-refractivity contribution in [1.82, 2.24) is 0 Å². The molecular formula is C20H16Cl2F20S3. The molecule has 268 valence electrons. The summed E-state index contributed by atoms with van der Waals surface area (Å²) in [5.74, 6) is -13.7. The standard InChI is InChI=1S/C6H2ClF7S.C6H3ClF6S.C6H3F7S.2CH4/c7-3-1-2-4(8)6(5(3)9)15(10,11,12,13)14;7-14(10,11,12,13)6-4(8)2-1-3-5(6)9;7-4-2-1-3-5(8)6(4)14(9,10,11,12)13;;/h1-2H;2*1-3H;2*1H4. The van der Waals surface area contributed by atoms with E-state index >= 15 is 0 Å². The third-order valence-electron chi connectivity index (χ3n) is 4.00. The number of hydrogen-bond acceptors (Lipinski definition) is 0. The topological polar surface area (TPSA) is 0 Å². The van der Waals surface area contributed by atoms with Crippen LogP contribution in [0.25, 0.3) is 0 Å². The van der Waals surface area contributed by atoms with Crippen molar-refractivity contribution in [3.63, 3.8) is 0 Å². The normalized spacial score (nSPS) is 16.5. The van der Waals surface area contributed by atoms with Gasteiger partial charge in [0, 0.05) is 10.7 Å². The van der Waals surface area contributed by atoms with Crippen LogP contribution in [0.5, 0.6) is 0 Å². The number of benzene rings is 3. The molecule has 0 amide bonds. The second-order valence-corrected chi connectivity index (χ2v) is 17.0. The summed E-state index contributed by atoms with van der Waals surface area (Å²) in [6.07, 6.45) is 0. The van der Waals surface area contributed by atoms with Gasteiger partial charge >= 0.3 is 20.4 Å². The van der Waals surface area contributed by atoms with Crippen molar-refractivity contribution in [2.24, 2.45) is 0 Å². The highest BCUT2D eigenvalue weighted by molar-refractivity contribution is 8.65. The van der Waals surface area contributed by atoms with E-state index in [1.165, 1.54) is 0 Å². The molecule has 3 rings (SSSR count). The average molecular weight is 803 g/mol. The highest BCUT2D eigenvalue weighted by atomic mass is 35.7. The molecule has 0 aliphatic carbocycles. The molecule has 0 N–H and O–H groups in total. The lowest BCUT2D eigenvalue weighted by molar-refractivity contribution is 0.341. The first-order chi connectivity index (χ1) is 18.2. The van der Waals surface area contributed by atoms with Crippen molar-refractivity contribution in [2.45, 2.75) is 29.5 Å². The van der Waals surface area contributed by atoms with Crippen LogP contribution in [0, 0.1) is 34.9 Å². The van der Waals surface area contributed by atoms with E-state index in [0.29, 0.717) is 18.2 Å². The molecule has 0 nitrogen and oxygen atoms in total. The zero-order valence-electron chi connectivity index (χ0n) is 19.2. The number of halogens is 22. The fraction of sp³-hybridized carbons (Fsp3) is 0.100. The lowest BCUT2D eigenvalue weighted by Gasteiger charge is -2.42. The van der Waals surface area contributed by atoms with Crippen molar-refractivity contribution in [3.8, 4) is 0 Å². The molecule has 0 radical (unpaired) electrons. The second kappa shape index (κ2) is 10.7. The molecule has 0 aliphatic heterocycles. The van der Waals surface area contributed by atoms with E-state index in [0.717, 1.165) is 0 Å². The molecule has 0 bridgehead atoms. The summed E-state index contributed by atoms with van der Waals surface area (Å²) in [4.78, 5) is -8.95. The maximum Gasteiger partial charge on any atom is 0.315 e. The Bertz CT molecular complexity index is 1450. The second-order valence-electron chi connectivity index (χ2n) is 7.68. The average Bonchev–Trinajstić information content (AvgIpc) is 2.65. The third-order valence-corrected chi connectivity index (χ3v) is 8.22. The Hall–Kier alpha value is -2.11. The largest absolute Gasteiger partial charge is 0.315 e. The van der Waals surface area contributed by atoms with E-state index in [4.69, 9.17) is 11.6 Å². The first-order valence-corrected chi connectivity index (χ1v) is 16.6. The fourth-order valence-electron chi connectivity index (χ4n) is 2.56. The summed E-state index contributed by atoms with van der Waals surface area (Å²) < 4.78 is 245. The van der Waals surface area contributed by atoms with E-state index in [1.807, 2.05) is 0 Å². The van der Waals surface area contributed by atoms with Crippen molar-refractivity contribution in [1.29, 1.82) is 0 Å². The lowest BCUT2D eigenvalue weighted by Crippen LogP contribution is -2.11. The Labute approximate surface area is 250 Å². The van der Waals surface area contributed by atoms with Gasteiger partial charge in [0.15, 0.2) is 20.5 Å². The monoisotopic (exact) mass is 802 g/mol. The van der Waals surface area contributed by atoms with E-state index < -0.39 is 84.1 Å². The number of hydrogen-bond donors (Lipinski definition) is 0. The van der Waals surface area contributed by atoms with Gasteiger partial charge in [-0.3, -0.25) is 0 Å². The third kappa shape index (κ3) is 12.5. The quantitative estimate of drug-likeness (QED) is 0.183. The van der Waals surface area contributed by atoms with Gasteiger partial charge in [-0.2, -0.15) is 0 Å². The highest BCUT2D eigenvalue weighted by Gasteiger charge is 2.70. The van der Waals surface area contributed by atoms with Gasteiger partial charge in [0.1, 0.15) is 29.1 Å². The maximum atomic E-state index is 12.7. The van der Waals surface area contributed by atoms with Crippen molar-refractivity contribution in [2.75, 3.05) is 0 Å². The van der Waals surface area contributed by atoms with Gasteiger partial charge < -0.3 is 0 Å². The molecule has 3 aromatic carbocycles. The Kier molecular flexibility index (Phi) is 10.7. The SMILES string of the molecule is C.C.Fc1ccc(Cl)c(F)c1S(F)(F)(F)(F)F.Fc1cccc(F)c1S(F)(F)(F)(F)Cl.Fc1cccc(F)c1S(F)(F)(F)(F)F. The van der Waals surface area contributed by atoms with Crippen LogP contribution in [0.1, 0.15) is 14.9 Å². The molecular weight excluding hydrogens is 787 g/mol. The molecule has 0 fully saturated rings. The summed E-state index contributed by atoms with van der Waals surface area (Å²) in [5.41, 5.74) is 0. The van der Waals surface area contributed by atoms with Gasteiger partial charge in [-0.25, -0.2) is 26.3 Å². The minimum Gasteiger partial charge on any atom is -0.205 e. The maximum absolute atomic E-state index is 12.7. The van der Waals surface area contributed by atoms with Crippen LogP contribution in [-0.4, -0.2) is 0 Å². The summed E-state index contributed by atoms with van der Waals surface area (Å²) in [5, 5.41) is -1.22. The predicted octanol–water partition coefficient (Wildman–Crippen LogP) is 16.1. The van der Waals surface area contributed by atoms with Gasteiger partial charge in [-0.1, -0.05) is 77.4 Å². The van der Waals surface area contributed by atoms with E-state index in [2.05, 4.69) is 10.7 Å². The molecule has 25 heteroatoms. The van der Waals surface area contributed by atoms with Crippen LogP contribution >= 0.6 is 51.8 Å². The summed E-state index contributed by atoms with van der Waals surface area (Å²) in [6.45, 7) is 0.